The molecule has 4 rings (SSSR count). The molecule has 0 bridgehead atoms. The summed E-state index contributed by atoms with van der Waals surface area (Å²) in [6.45, 7) is 8.30. The van der Waals surface area contributed by atoms with Crippen molar-refractivity contribution in [1.29, 1.82) is 0 Å². The number of carbonyl (C=O) groups is 3. The van der Waals surface area contributed by atoms with E-state index >= 15 is 0 Å². The topological polar surface area (TPSA) is 85.0 Å². The molecule has 0 radical (unpaired) electrons. The molecule has 8 heteroatoms. The molecule has 0 aromatic heterocycles. The number of anilines is 2. The number of piperidine rings is 1. The van der Waals surface area contributed by atoms with Gasteiger partial charge in [-0.2, -0.15) is 0 Å². The Morgan fingerprint density at radius 2 is 1.68 bits per heavy atom. The molecule has 2 saturated heterocycles. The fourth-order valence-corrected chi connectivity index (χ4v) is 5.19. The van der Waals surface area contributed by atoms with Crippen LogP contribution in [0.1, 0.15) is 57.9 Å². The van der Waals surface area contributed by atoms with Crippen LogP contribution in [0.15, 0.2) is 54.6 Å². The van der Waals surface area contributed by atoms with Gasteiger partial charge in [-0.25, -0.2) is 4.79 Å². The van der Waals surface area contributed by atoms with Crippen LogP contribution in [-0.2, 0) is 9.59 Å². The molecule has 2 aliphatic heterocycles. The van der Waals surface area contributed by atoms with Crippen LogP contribution in [-0.4, -0.2) is 66.0 Å². The summed E-state index contributed by atoms with van der Waals surface area (Å²) in [6.07, 6.45) is 2.93. The van der Waals surface area contributed by atoms with Crippen LogP contribution in [0.4, 0.5) is 16.2 Å². The SMILES string of the molecule is CCCCNC(=O)CN1CN(c2ccccc2)C2(CCN(C(=O)Nc3ccc(C(C)C)cc3)CC2)C1=O. The predicted octanol–water partition coefficient (Wildman–Crippen LogP) is 4.40. The molecule has 2 N–H and O–H groups in total. The van der Waals surface area contributed by atoms with E-state index in [0.717, 1.165) is 24.2 Å². The van der Waals surface area contributed by atoms with Crippen molar-refractivity contribution in [2.75, 3.05) is 43.1 Å². The van der Waals surface area contributed by atoms with Gasteiger partial charge in [0.2, 0.25) is 5.91 Å². The fourth-order valence-electron chi connectivity index (χ4n) is 5.19. The van der Waals surface area contributed by atoms with Gasteiger partial charge in [0.25, 0.3) is 5.91 Å². The molecule has 2 aromatic carbocycles. The Morgan fingerprint density at radius 1 is 1.00 bits per heavy atom. The Hall–Kier alpha value is -3.55. The van der Waals surface area contributed by atoms with E-state index in [0.29, 0.717) is 45.1 Å². The zero-order valence-corrected chi connectivity index (χ0v) is 22.2. The van der Waals surface area contributed by atoms with E-state index in [9.17, 15) is 14.4 Å². The highest BCUT2D eigenvalue weighted by Crippen LogP contribution is 2.39. The van der Waals surface area contributed by atoms with E-state index in [4.69, 9.17) is 0 Å². The number of para-hydroxylation sites is 1. The minimum Gasteiger partial charge on any atom is -0.355 e. The molecule has 0 aliphatic carbocycles. The lowest BCUT2D eigenvalue weighted by molar-refractivity contribution is -0.137. The summed E-state index contributed by atoms with van der Waals surface area (Å²) in [7, 11) is 0. The number of rotatable bonds is 8. The number of hydrogen-bond donors (Lipinski definition) is 2. The summed E-state index contributed by atoms with van der Waals surface area (Å²) < 4.78 is 0. The smallest absolute Gasteiger partial charge is 0.321 e. The zero-order valence-electron chi connectivity index (χ0n) is 22.2. The first kappa shape index (κ1) is 26.5. The van der Waals surface area contributed by atoms with Crippen molar-refractivity contribution in [2.45, 2.75) is 57.9 Å². The second-order valence-electron chi connectivity index (χ2n) is 10.3. The fraction of sp³-hybridized carbons (Fsp3) is 0.483. The third-order valence-corrected chi connectivity index (χ3v) is 7.48. The van der Waals surface area contributed by atoms with Gasteiger partial charge in [-0.1, -0.05) is 57.5 Å². The first-order valence-corrected chi connectivity index (χ1v) is 13.4. The molecular weight excluding hydrogens is 466 g/mol. The number of carbonyl (C=O) groups excluding carboxylic acids is 3. The molecule has 37 heavy (non-hydrogen) atoms. The highest BCUT2D eigenvalue weighted by Gasteiger charge is 2.54. The van der Waals surface area contributed by atoms with E-state index in [1.807, 2.05) is 54.6 Å². The van der Waals surface area contributed by atoms with Crippen molar-refractivity contribution < 1.29 is 14.4 Å². The summed E-state index contributed by atoms with van der Waals surface area (Å²) in [5.74, 6) is 0.264. The van der Waals surface area contributed by atoms with E-state index in [1.165, 1.54) is 5.56 Å². The average molecular weight is 506 g/mol. The lowest BCUT2D eigenvalue weighted by Gasteiger charge is -2.43. The Bertz CT molecular complexity index is 1080. The van der Waals surface area contributed by atoms with Crippen LogP contribution in [0.25, 0.3) is 0 Å². The Labute approximate surface area is 220 Å². The maximum Gasteiger partial charge on any atom is 0.321 e. The quantitative estimate of drug-likeness (QED) is 0.521. The molecule has 0 unspecified atom stereocenters. The van der Waals surface area contributed by atoms with Crippen molar-refractivity contribution >= 4 is 29.2 Å². The van der Waals surface area contributed by atoms with Gasteiger partial charge in [0.15, 0.2) is 0 Å². The minimum atomic E-state index is -0.763. The summed E-state index contributed by atoms with van der Waals surface area (Å²) in [5.41, 5.74) is 2.17. The van der Waals surface area contributed by atoms with Crippen LogP contribution in [0.3, 0.4) is 0 Å². The molecule has 0 saturated carbocycles. The van der Waals surface area contributed by atoms with E-state index < -0.39 is 5.54 Å². The van der Waals surface area contributed by atoms with Gasteiger partial charge in [-0.15, -0.1) is 0 Å². The van der Waals surface area contributed by atoms with E-state index in [2.05, 4.69) is 36.3 Å². The van der Waals surface area contributed by atoms with Crippen LogP contribution in [0, 0.1) is 0 Å². The molecule has 1 spiro atoms. The first-order chi connectivity index (χ1) is 17.8. The Kier molecular flexibility index (Phi) is 8.36. The molecule has 2 fully saturated rings. The van der Waals surface area contributed by atoms with Crippen molar-refractivity contribution in [2.24, 2.45) is 0 Å². The zero-order chi connectivity index (χ0) is 26.4. The highest BCUT2D eigenvalue weighted by atomic mass is 16.2. The van der Waals surface area contributed by atoms with Gasteiger partial charge < -0.3 is 25.3 Å². The largest absolute Gasteiger partial charge is 0.355 e. The maximum atomic E-state index is 13.8. The molecule has 8 nitrogen and oxygen atoms in total. The van der Waals surface area contributed by atoms with Crippen molar-refractivity contribution in [3.8, 4) is 0 Å². The van der Waals surface area contributed by atoms with Crippen molar-refractivity contribution in [3.05, 3.63) is 60.2 Å². The summed E-state index contributed by atoms with van der Waals surface area (Å²) in [6, 6.07) is 17.6. The summed E-state index contributed by atoms with van der Waals surface area (Å²) >= 11 is 0. The van der Waals surface area contributed by atoms with Crippen LogP contribution < -0.4 is 15.5 Å². The lowest BCUT2D eigenvalue weighted by Crippen LogP contribution is -2.58. The third kappa shape index (κ3) is 5.89. The number of benzene rings is 2. The van der Waals surface area contributed by atoms with Gasteiger partial charge >= 0.3 is 6.03 Å². The Morgan fingerprint density at radius 3 is 2.30 bits per heavy atom. The number of hydrogen-bond acceptors (Lipinski definition) is 4. The van der Waals surface area contributed by atoms with E-state index in [-0.39, 0.29) is 24.4 Å². The molecule has 2 aliphatic rings. The number of nitrogens with one attached hydrogen (secondary N) is 2. The number of urea groups is 1. The van der Waals surface area contributed by atoms with Crippen LogP contribution in [0.5, 0.6) is 0 Å². The van der Waals surface area contributed by atoms with Crippen LogP contribution >= 0.6 is 0 Å². The number of unbranched alkanes of at least 4 members (excludes halogenated alkanes) is 1. The Balaban J connectivity index is 1.44. The van der Waals surface area contributed by atoms with Crippen LogP contribution in [0.2, 0.25) is 0 Å². The molecule has 2 heterocycles. The highest BCUT2D eigenvalue weighted by molar-refractivity contribution is 5.97. The second-order valence-corrected chi connectivity index (χ2v) is 10.3. The van der Waals surface area contributed by atoms with Gasteiger partial charge in [0, 0.05) is 31.0 Å². The number of amides is 4. The van der Waals surface area contributed by atoms with Gasteiger partial charge in [0.05, 0.1) is 6.67 Å². The molecular formula is C29H39N5O3. The molecule has 198 valence electrons. The minimum absolute atomic E-state index is 0.0358. The third-order valence-electron chi connectivity index (χ3n) is 7.48. The van der Waals surface area contributed by atoms with Crippen molar-refractivity contribution in [1.82, 2.24) is 15.1 Å². The molecule has 0 atom stereocenters. The second kappa shape index (κ2) is 11.7. The predicted molar refractivity (Wildman–Crippen MR) is 147 cm³/mol. The summed E-state index contributed by atoms with van der Waals surface area (Å²) in [5, 5.41) is 5.91. The summed E-state index contributed by atoms with van der Waals surface area (Å²) in [4.78, 5) is 44.9. The lowest BCUT2D eigenvalue weighted by atomic mass is 9.85. The van der Waals surface area contributed by atoms with Gasteiger partial charge in [0.1, 0.15) is 12.1 Å². The normalized spacial score (nSPS) is 17.0. The standard InChI is InChI=1S/C29H39N5O3/c1-4-5-17-30-26(35)20-33-21-34(25-9-7-6-8-10-25)29(27(33)36)15-18-32(19-16-29)28(37)31-24-13-11-23(12-14-24)22(2)3/h6-14,22H,4-5,15-21H2,1-3H3,(H,30,35)(H,31,37). The van der Waals surface area contributed by atoms with Gasteiger partial charge in [-0.3, -0.25) is 9.59 Å². The molecule has 4 amide bonds. The van der Waals surface area contributed by atoms with E-state index in [1.54, 1.807) is 9.80 Å². The van der Waals surface area contributed by atoms with Crippen molar-refractivity contribution in [3.63, 3.8) is 0 Å². The number of nitrogens with zero attached hydrogens (tertiary/aromatic N) is 3. The molecule has 2 aromatic rings. The first-order valence-electron chi connectivity index (χ1n) is 13.4. The maximum absolute atomic E-state index is 13.8. The average Bonchev–Trinajstić information content (AvgIpc) is 3.16. The monoisotopic (exact) mass is 505 g/mol. The van der Waals surface area contributed by atoms with Gasteiger partial charge in [-0.05, 0) is 55.0 Å². The number of likely N-dealkylation sites (tertiary alicyclic amines) is 1.